The molecule has 0 heterocycles. The first kappa shape index (κ1) is 12.4. The molecule has 2 rings (SSSR count). The molecule has 0 bridgehead atoms. The average Bonchev–Trinajstić information content (AvgIpc) is 2.47. The molecular weight excluding hydrogens is 224 g/mol. The van der Waals surface area contributed by atoms with Gasteiger partial charge in [0.25, 0.3) is 0 Å². The lowest BCUT2D eigenvalue weighted by atomic mass is 9.85. The first-order valence-electron chi connectivity index (χ1n) is 5.67. The lowest BCUT2D eigenvalue weighted by Gasteiger charge is -2.28. The fourth-order valence-corrected chi connectivity index (χ4v) is 1.89. The molecule has 2 N–H and O–H groups in total. The van der Waals surface area contributed by atoms with Gasteiger partial charge in [0, 0.05) is 0 Å². The van der Waals surface area contributed by atoms with Crippen LogP contribution in [0.3, 0.4) is 0 Å². The summed E-state index contributed by atoms with van der Waals surface area (Å²) in [6, 6.07) is 17.7. The Kier molecular flexibility index (Phi) is 3.47. The number of rotatable bonds is 3. The first-order valence-corrected chi connectivity index (χ1v) is 5.67. The molecule has 2 heteroatoms. The van der Waals surface area contributed by atoms with Crippen molar-refractivity contribution in [3.63, 3.8) is 0 Å². The zero-order valence-electron chi connectivity index (χ0n) is 9.82. The summed E-state index contributed by atoms with van der Waals surface area (Å²) in [6.45, 7) is 0. The molecular formula is C16H14O2. The third-order valence-corrected chi connectivity index (χ3v) is 2.94. The Labute approximate surface area is 107 Å². The normalized spacial score (nSPS) is 15.4. The number of terminal acetylenes is 1. The smallest absolute Gasteiger partial charge is 0.180 e. The summed E-state index contributed by atoms with van der Waals surface area (Å²) >= 11 is 0. The topological polar surface area (TPSA) is 40.5 Å². The van der Waals surface area contributed by atoms with Crippen LogP contribution in [0.15, 0.2) is 60.7 Å². The molecule has 0 amide bonds. The van der Waals surface area contributed by atoms with Crippen LogP contribution in [-0.4, -0.2) is 10.2 Å². The summed E-state index contributed by atoms with van der Waals surface area (Å²) in [5.41, 5.74) is -0.631. The number of aliphatic hydroxyl groups excluding tert-OH is 1. The van der Waals surface area contributed by atoms with Crippen LogP contribution in [0.2, 0.25) is 0 Å². The maximum absolute atomic E-state index is 10.5. The lowest BCUT2D eigenvalue weighted by Crippen LogP contribution is -2.31. The molecule has 0 aliphatic rings. The standard InChI is InChI=1S/C16H14O2/c1-2-16(18,14-11-7-4-8-12-14)15(17)13-9-5-3-6-10-13/h1,3-12,15,17-18H. The SMILES string of the molecule is C#CC(O)(c1ccccc1)C(O)c1ccccc1. The van der Waals surface area contributed by atoms with Crippen LogP contribution in [0.5, 0.6) is 0 Å². The monoisotopic (exact) mass is 238 g/mol. The van der Waals surface area contributed by atoms with E-state index in [1.807, 2.05) is 12.1 Å². The van der Waals surface area contributed by atoms with Gasteiger partial charge in [-0.25, -0.2) is 0 Å². The molecule has 2 atom stereocenters. The highest BCUT2D eigenvalue weighted by Crippen LogP contribution is 2.34. The predicted molar refractivity (Wildman–Crippen MR) is 70.6 cm³/mol. The molecule has 0 aromatic heterocycles. The second-order valence-corrected chi connectivity index (χ2v) is 4.09. The second kappa shape index (κ2) is 5.05. The zero-order chi connectivity index (χ0) is 13.0. The van der Waals surface area contributed by atoms with E-state index in [0.29, 0.717) is 11.1 Å². The molecule has 0 spiro atoms. The molecule has 0 aliphatic heterocycles. The van der Waals surface area contributed by atoms with Gasteiger partial charge in [-0.15, -0.1) is 6.42 Å². The molecule has 2 aromatic rings. The van der Waals surface area contributed by atoms with Crippen LogP contribution >= 0.6 is 0 Å². The van der Waals surface area contributed by atoms with Crippen molar-refractivity contribution in [3.05, 3.63) is 71.8 Å². The number of aliphatic hydroxyl groups is 2. The van der Waals surface area contributed by atoms with Crippen LogP contribution in [0.1, 0.15) is 17.2 Å². The predicted octanol–water partition coefficient (Wildman–Crippen LogP) is 2.24. The minimum Gasteiger partial charge on any atom is -0.384 e. The molecule has 0 saturated carbocycles. The summed E-state index contributed by atoms with van der Waals surface area (Å²) in [7, 11) is 0. The third-order valence-electron chi connectivity index (χ3n) is 2.94. The van der Waals surface area contributed by atoms with E-state index in [2.05, 4.69) is 5.92 Å². The van der Waals surface area contributed by atoms with Crippen LogP contribution in [0.4, 0.5) is 0 Å². The molecule has 0 fully saturated rings. The largest absolute Gasteiger partial charge is 0.384 e. The molecule has 2 aromatic carbocycles. The van der Waals surface area contributed by atoms with Gasteiger partial charge in [-0.3, -0.25) is 0 Å². The molecule has 0 radical (unpaired) electrons. The van der Waals surface area contributed by atoms with Crippen molar-refractivity contribution in [2.75, 3.05) is 0 Å². The van der Waals surface area contributed by atoms with Gasteiger partial charge < -0.3 is 10.2 Å². The van der Waals surface area contributed by atoms with E-state index in [-0.39, 0.29) is 0 Å². The fraction of sp³-hybridized carbons (Fsp3) is 0.125. The Bertz CT molecular complexity index is 542. The Hall–Kier alpha value is -2.08. The van der Waals surface area contributed by atoms with Crippen LogP contribution in [-0.2, 0) is 5.60 Å². The molecule has 90 valence electrons. The molecule has 2 nitrogen and oxygen atoms in total. The van der Waals surface area contributed by atoms with Crippen LogP contribution in [0.25, 0.3) is 0 Å². The van der Waals surface area contributed by atoms with Crippen molar-refractivity contribution in [2.24, 2.45) is 0 Å². The van der Waals surface area contributed by atoms with Crippen LogP contribution < -0.4 is 0 Å². The van der Waals surface area contributed by atoms with Gasteiger partial charge in [-0.2, -0.15) is 0 Å². The number of hydrogen-bond donors (Lipinski definition) is 2. The Morgan fingerprint density at radius 3 is 1.94 bits per heavy atom. The maximum Gasteiger partial charge on any atom is 0.180 e. The van der Waals surface area contributed by atoms with Crippen molar-refractivity contribution in [2.45, 2.75) is 11.7 Å². The Morgan fingerprint density at radius 2 is 1.44 bits per heavy atom. The second-order valence-electron chi connectivity index (χ2n) is 4.09. The highest BCUT2D eigenvalue weighted by Gasteiger charge is 2.36. The molecule has 18 heavy (non-hydrogen) atoms. The van der Waals surface area contributed by atoms with Gasteiger partial charge >= 0.3 is 0 Å². The van der Waals surface area contributed by atoms with Crippen LogP contribution in [0, 0.1) is 12.3 Å². The third kappa shape index (κ3) is 2.14. The van der Waals surface area contributed by atoms with Gasteiger partial charge in [-0.1, -0.05) is 66.6 Å². The van der Waals surface area contributed by atoms with E-state index in [9.17, 15) is 10.2 Å². The zero-order valence-corrected chi connectivity index (χ0v) is 9.82. The number of hydrogen-bond acceptors (Lipinski definition) is 2. The van der Waals surface area contributed by atoms with Gasteiger partial charge in [0.2, 0.25) is 0 Å². The van der Waals surface area contributed by atoms with Gasteiger partial charge in [0.1, 0.15) is 6.10 Å². The number of benzene rings is 2. The highest BCUT2D eigenvalue weighted by atomic mass is 16.3. The summed E-state index contributed by atoms with van der Waals surface area (Å²) in [5, 5.41) is 20.8. The van der Waals surface area contributed by atoms with E-state index in [1.54, 1.807) is 48.5 Å². The van der Waals surface area contributed by atoms with Crippen molar-refractivity contribution in [3.8, 4) is 12.3 Å². The summed E-state index contributed by atoms with van der Waals surface area (Å²) in [4.78, 5) is 0. The molecule has 2 unspecified atom stereocenters. The minimum atomic E-state index is -1.72. The van der Waals surface area contributed by atoms with E-state index in [1.165, 1.54) is 0 Å². The van der Waals surface area contributed by atoms with Gasteiger partial charge in [0.15, 0.2) is 5.60 Å². The Balaban J connectivity index is 2.43. The van der Waals surface area contributed by atoms with Crippen molar-refractivity contribution in [1.82, 2.24) is 0 Å². The molecule has 0 saturated heterocycles. The highest BCUT2D eigenvalue weighted by molar-refractivity contribution is 5.36. The summed E-state index contributed by atoms with van der Waals surface area (Å²) in [6.07, 6.45) is 4.26. The maximum atomic E-state index is 10.5. The van der Waals surface area contributed by atoms with E-state index in [0.717, 1.165) is 0 Å². The lowest BCUT2D eigenvalue weighted by molar-refractivity contribution is -0.0381. The first-order chi connectivity index (χ1) is 8.68. The van der Waals surface area contributed by atoms with E-state index >= 15 is 0 Å². The summed E-state index contributed by atoms with van der Waals surface area (Å²) in [5.74, 6) is 2.30. The van der Waals surface area contributed by atoms with Gasteiger partial charge in [-0.05, 0) is 11.1 Å². The van der Waals surface area contributed by atoms with E-state index < -0.39 is 11.7 Å². The van der Waals surface area contributed by atoms with Crippen molar-refractivity contribution >= 4 is 0 Å². The van der Waals surface area contributed by atoms with E-state index in [4.69, 9.17) is 6.42 Å². The summed E-state index contributed by atoms with van der Waals surface area (Å²) < 4.78 is 0. The van der Waals surface area contributed by atoms with Crippen molar-refractivity contribution < 1.29 is 10.2 Å². The van der Waals surface area contributed by atoms with Crippen molar-refractivity contribution in [1.29, 1.82) is 0 Å². The minimum absolute atomic E-state index is 0.504. The quantitative estimate of drug-likeness (QED) is 0.805. The Morgan fingerprint density at radius 1 is 0.944 bits per heavy atom. The molecule has 0 aliphatic carbocycles. The fourth-order valence-electron chi connectivity index (χ4n) is 1.89. The average molecular weight is 238 g/mol. The van der Waals surface area contributed by atoms with Gasteiger partial charge in [0.05, 0.1) is 0 Å².